The van der Waals surface area contributed by atoms with Gasteiger partial charge in [-0.15, -0.1) is 0 Å². The molecule has 0 amide bonds. The van der Waals surface area contributed by atoms with E-state index in [4.69, 9.17) is 5.11 Å². The Balaban J connectivity index is 2.05. The predicted octanol–water partition coefficient (Wildman–Crippen LogP) is 3.32. The first-order valence-corrected chi connectivity index (χ1v) is 7.14. The maximum Gasteiger partial charge on any atom is 0.305 e. The van der Waals surface area contributed by atoms with E-state index in [2.05, 4.69) is 11.9 Å². The molecular formula is C16H23NO2. The molecule has 2 rings (SSSR count). The third kappa shape index (κ3) is 4.06. The van der Waals surface area contributed by atoms with Crippen molar-refractivity contribution in [1.82, 2.24) is 4.90 Å². The quantitative estimate of drug-likeness (QED) is 0.854. The van der Waals surface area contributed by atoms with E-state index in [-0.39, 0.29) is 12.5 Å². The largest absolute Gasteiger partial charge is 0.481 e. The Morgan fingerprint density at radius 3 is 2.53 bits per heavy atom. The van der Waals surface area contributed by atoms with Crippen LogP contribution in [0.25, 0.3) is 0 Å². The molecule has 1 saturated carbocycles. The molecule has 19 heavy (non-hydrogen) atoms. The molecule has 0 heterocycles. The van der Waals surface area contributed by atoms with E-state index >= 15 is 0 Å². The zero-order valence-electron chi connectivity index (χ0n) is 11.6. The monoisotopic (exact) mass is 261 g/mol. The number of hydrogen-bond donors (Lipinski definition) is 1. The lowest BCUT2D eigenvalue weighted by atomic mass is 10.00. The summed E-state index contributed by atoms with van der Waals surface area (Å²) >= 11 is 0. The third-order valence-corrected chi connectivity index (χ3v) is 4.11. The molecule has 0 spiro atoms. The second-order valence-corrected chi connectivity index (χ2v) is 5.61. The number of carboxylic acids is 1. The summed E-state index contributed by atoms with van der Waals surface area (Å²) < 4.78 is 0. The topological polar surface area (TPSA) is 40.5 Å². The van der Waals surface area contributed by atoms with Gasteiger partial charge in [0, 0.05) is 12.6 Å². The Morgan fingerprint density at radius 1 is 1.32 bits per heavy atom. The molecule has 1 aliphatic carbocycles. The molecule has 3 heteroatoms. The molecule has 0 saturated heterocycles. The minimum absolute atomic E-state index is 0.0145. The molecule has 104 valence electrons. The van der Waals surface area contributed by atoms with Crippen LogP contribution in [0.3, 0.4) is 0 Å². The number of carboxylic acid groups (broad SMARTS) is 1. The highest BCUT2D eigenvalue weighted by Gasteiger charge is 2.24. The van der Waals surface area contributed by atoms with Crippen molar-refractivity contribution in [2.45, 2.75) is 38.1 Å². The van der Waals surface area contributed by atoms with Crippen molar-refractivity contribution < 1.29 is 9.90 Å². The van der Waals surface area contributed by atoms with Crippen LogP contribution >= 0.6 is 0 Å². The Kier molecular flexibility index (Phi) is 4.97. The summed E-state index contributed by atoms with van der Waals surface area (Å²) in [6.07, 6.45) is 5.41. The highest BCUT2D eigenvalue weighted by molar-refractivity contribution is 5.67. The number of carbonyl (C=O) groups is 1. The van der Waals surface area contributed by atoms with Crippen LogP contribution < -0.4 is 0 Å². The second-order valence-electron chi connectivity index (χ2n) is 5.61. The van der Waals surface area contributed by atoms with Crippen LogP contribution in [0.2, 0.25) is 0 Å². The summed E-state index contributed by atoms with van der Waals surface area (Å²) in [6, 6.07) is 9.97. The first-order valence-electron chi connectivity index (χ1n) is 7.14. The molecule has 1 N–H and O–H groups in total. The molecule has 0 aliphatic heterocycles. The number of aliphatic carboxylic acids is 1. The zero-order chi connectivity index (χ0) is 13.7. The summed E-state index contributed by atoms with van der Waals surface area (Å²) in [6.45, 7) is 1.01. The molecule has 1 atom stereocenters. The van der Waals surface area contributed by atoms with Crippen LogP contribution in [-0.4, -0.2) is 29.6 Å². The lowest BCUT2D eigenvalue weighted by Gasteiger charge is -2.29. The van der Waals surface area contributed by atoms with E-state index in [1.807, 2.05) is 30.3 Å². The molecule has 1 aromatic rings. The van der Waals surface area contributed by atoms with Gasteiger partial charge in [-0.2, -0.15) is 0 Å². The van der Waals surface area contributed by atoms with E-state index in [0.29, 0.717) is 0 Å². The number of rotatable bonds is 6. The van der Waals surface area contributed by atoms with Gasteiger partial charge in [0.15, 0.2) is 0 Å². The average Bonchev–Trinajstić information content (AvgIpc) is 2.89. The van der Waals surface area contributed by atoms with Crippen LogP contribution in [0.15, 0.2) is 30.3 Å². The lowest BCUT2D eigenvalue weighted by Crippen LogP contribution is -2.30. The fourth-order valence-corrected chi connectivity index (χ4v) is 3.10. The first-order chi connectivity index (χ1) is 9.16. The molecule has 1 aliphatic rings. The Morgan fingerprint density at radius 2 is 1.95 bits per heavy atom. The molecule has 1 fully saturated rings. The lowest BCUT2D eigenvalue weighted by molar-refractivity contribution is -0.138. The summed E-state index contributed by atoms with van der Waals surface area (Å²) in [7, 11) is 2.05. The van der Waals surface area contributed by atoms with Crippen molar-refractivity contribution in [3.8, 4) is 0 Å². The summed E-state index contributed by atoms with van der Waals surface area (Å²) in [5.74, 6) is 0.0112. The molecular weight excluding hydrogens is 238 g/mol. The summed E-state index contributed by atoms with van der Waals surface area (Å²) in [5, 5.41) is 9.13. The highest BCUT2D eigenvalue weighted by Crippen LogP contribution is 2.29. The van der Waals surface area contributed by atoms with E-state index in [1.54, 1.807) is 0 Å². The number of benzene rings is 1. The van der Waals surface area contributed by atoms with E-state index in [0.717, 1.165) is 18.0 Å². The van der Waals surface area contributed by atoms with Gasteiger partial charge < -0.3 is 5.11 Å². The minimum Gasteiger partial charge on any atom is -0.481 e. The molecule has 3 nitrogen and oxygen atoms in total. The van der Waals surface area contributed by atoms with Crippen LogP contribution in [0.1, 0.15) is 43.7 Å². The van der Waals surface area contributed by atoms with Crippen LogP contribution in [0, 0.1) is 5.92 Å². The van der Waals surface area contributed by atoms with Crippen LogP contribution in [-0.2, 0) is 4.79 Å². The van der Waals surface area contributed by atoms with Crippen molar-refractivity contribution in [2.75, 3.05) is 13.6 Å². The van der Waals surface area contributed by atoms with E-state index in [1.165, 1.54) is 25.7 Å². The first kappa shape index (κ1) is 14.1. The average molecular weight is 261 g/mol. The van der Waals surface area contributed by atoms with Crippen molar-refractivity contribution in [1.29, 1.82) is 0 Å². The molecule has 0 aromatic heterocycles. The smallest absolute Gasteiger partial charge is 0.305 e. The van der Waals surface area contributed by atoms with Crippen molar-refractivity contribution in [3.05, 3.63) is 35.9 Å². The third-order valence-electron chi connectivity index (χ3n) is 4.11. The number of hydrogen-bond acceptors (Lipinski definition) is 2. The standard InChI is InChI=1S/C16H23NO2/c1-17(12-13-7-5-6-8-13)15(11-16(18)19)14-9-3-2-4-10-14/h2-4,9-10,13,15H,5-8,11-12H2,1H3,(H,18,19). The highest BCUT2D eigenvalue weighted by atomic mass is 16.4. The summed E-state index contributed by atoms with van der Waals surface area (Å²) in [4.78, 5) is 13.3. The second kappa shape index (κ2) is 6.71. The SMILES string of the molecule is CN(CC1CCCC1)C(CC(=O)O)c1ccccc1. The van der Waals surface area contributed by atoms with Crippen molar-refractivity contribution >= 4 is 5.97 Å². The Hall–Kier alpha value is -1.35. The van der Waals surface area contributed by atoms with Gasteiger partial charge in [-0.25, -0.2) is 0 Å². The summed E-state index contributed by atoms with van der Waals surface area (Å²) in [5.41, 5.74) is 1.10. The normalized spacial score (nSPS) is 17.8. The van der Waals surface area contributed by atoms with E-state index in [9.17, 15) is 4.79 Å². The zero-order valence-corrected chi connectivity index (χ0v) is 11.6. The fraction of sp³-hybridized carbons (Fsp3) is 0.562. The molecule has 1 unspecified atom stereocenters. The molecule has 0 radical (unpaired) electrons. The van der Waals surface area contributed by atoms with Gasteiger partial charge in [0.25, 0.3) is 0 Å². The predicted molar refractivity (Wildman–Crippen MR) is 76.0 cm³/mol. The van der Waals surface area contributed by atoms with Crippen LogP contribution in [0.5, 0.6) is 0 Å². The van der Waals surface area contributed by atoms with Gasteiger partial charge in [0.2, 0.25) is 0 Å². The van der Waals surface area contributed by atoms with Gasteiger partial charge in [0.1, 0.15) is 0 Å². The van der Waals surface area contributed by atoms with Crippen LogP contribution in [0.4, 0.5) is 0 Å². The maximum absolute atomic E-state index is 11.1. The van der Waals surface area contributed by atoms with Crippen molar-refractivity contribution in [3.63, 3.8) is 0 Å². The van der Waals surface area contributed by atoms with Gasteiger partial charge in [-0.3, -0.25) is 9.69 Å². The van der Waals surface area contributed by atoms with Gasteiger partial charge >= 0.3 is 5.97 Å². The van der Waals surface area contributed by atoms with Crippen molar-refractivity contribution in [2.24, 2.45) is 5.92 Å². The fourth-order valence-electron chi connectivity index (χ4n) is 3.10. The van der Waals surface area contributed by atoms with Gasteiger partial charge in [-0.1, -0.05) is 43.2 Å². The maximum atomic E-state index is 11.1. The minimum atomic E-state index is -0.730. The Labute approximate surface area is 115 Å². The van der Waals surface area contributed by atoms with Gasteiger partial charge in [-0.05, 0) is 31.4 Å². The molecule has 0 bridgehead atoms. The number of nitrogens with zero attached hydrogens (tertiary/aromatic N) is 1. The van der Waals surface area contributed by atoms with Gasteiger partial charge in [0.05, 0.1) is 6.42 Å². The molecule has 1 aromatic carbocycles. The van der Waals surface area contributed by atoms with E-state index < -0.39 is 5.97 Å². The Bertz CT molecular complexity index is 398.